The molecule has 0 bridgehead atoms. The van der Waals surface area contributed by atoms with Crippen LogP contribution in [-0.4, -0.2) is 24.5 Å². The molecule has 126 valence electrons. The Bertz CT molecular complexity index is 700. The van der Waals surface area contributed by atoms with E-state index in [4.69, 9.17) is 4.74 Å². The minimum absolute atomic E-state index is 0.171. The number of hydrogen-bond acceptors (Lipinski definition) is 4. The summed E-state index contributed by atoms with van der Waals surface area (Å²) in [7, 11) is 1.63. The Balaban J connectivity index is 1.76. The molecule has 2 aromatic rings. The molecule has 0 aliphatic carbocycles. The Morgan fingerprint density at radius 1 is 1.17 bits per heavy atom. The van der Waals surface area contributed by atoms with Gasteiger partial charge in [0.25, 0.3) is 0 Å². The molecule has 0 aliphatic rings. The van der Waals surface area contributed by atoms with Crippen molar-refractivity contribution in [2.45, 2.75) is 12.7 Å². The lowest BCUT2D eigenvalue weighted by molar-refractivity contribution is -0.118. The molecule has 0 aromatic heterocycles. The molecule has 2 rings (SSSR count). The maximum atomic E-state index is 12.9. The zero-order valence-corrected chi connectivity index (χ0v) is 14.4. The van der Waals surface area contributed by atoms with E-state index < -0.39 is 0 Å². The predicted octanol–water partition coefficient (Wildman–Crippen LogP) is 3.61. The first-order chi connectivity index (χ1) is 11.6. The first-order valence-corrected chi connectivity index (χ1v) is 8.53. The third-order valence-corrected chi connectivity index (χ3v) is 4.28. The lowest BCUT2D eigenvalue weighted by Gasteiger charge is -2.04. The number of thioether (sulfide) groups is 1. The largest absolute Gasteiger partial charge is 0.497 e. The number of ether oxygens (including phenoxy) is 1. The number of amides is 1. The van der Waals surface area contributed by atoms with Gasteiger partial charge in [0.2, 0.25) is 5.91 Å². The maximum Gasteiger partial charge on any atom is 0.250 e. The van der Waals surface area contributed by atoms with Gasteiger partial charge in [-0.2, -0.15) is 5.10 Å². The van der Waals surface area contributed by atoms with E-state index >= 15 is 0 Å². The molecule has 2 aromatic carbocycles. The van der Waals surface area contributed by atoms with Gasteiger partial charge in [0.05, 0.1) is 18.6 Å². The van der Waals surface area contributed by atoms with Crippen LogP contribution in [0, 0.1) is 5.82 Å². The van der Waals surface area contributed by atoms with E-state index in [1.807, 2.05) is 24.3 Å². The number of methoxy groups -OCH3 is 1. The van der Waals surface area contributed by atoms with Gasteiger partial charge >= 0.3 is 0 Å². The average molecular weight is 346 g/mol. The SMILES string of the molecule is COc1ccc(CSCC(=O)N/N=C(\C)c2ccc(F)cc2)cc1. The van der Waals surface area contributed by atoms with E-state index in [-0.39, 0.29) is 11.7 Å². The maximum absolute atomic E-state index is 12.9. The van der Waals surface area contributed by atoms with Gasteiger partial charge < -0.3 is 4.74 Å². The van der Waals surface area contributed by atoms with Crippen LogP contribution in [0.15, 0.2) is 53.6 Å². The van der Waals surface area contributed by atoms with Crippen molar-refractivity contribution in [2.24, 2.45) is 5.10 Å². The number of carbonyl (C=O) groups is 1. The van der Waals surface area contributed by atoms with Gasteiger partial charge in [-0.1, -0.05) is 24.3 Å². The molecule has 1 amide bonds. The van der Waals surface area contributed by atoms with E-state index in [0.29, 0.717) is 11.5 Å². The minimum Gasteiger partial charge on any atom is -0.497 e. The van der Waals surface area contributed by atoms with Crippen molar-refractivity contribution in [3.8, 4) is 5.75 Å². The molecule has 6 heteroatoms. The normalized spacial score (nSPS) is 11.2. The van der Waals surface area contributed by atoms with E-state index in [9.17, 15) is 9.18 Å². The molecular weight excluding hydrogens is 327 g/mol. The fraction of sp³-hybridized carbons (Fsp3) is 0.222. The number of halogens is 1. The monoisotopic (exact) mass is 346 g/mol. The van der Waals surface area contributed by atoms with Gasteiger partial charge in [0.1, 0.15) is 11.6 Å². The van der Waals surface area contributed by atoms with Crippen molar-refractivity contribution < 1.29 is 13.9 Å². The summed E-state index contributed by atoms with van der Waals surface area (Å²) >= 11 is 1.51. The number of hydrazone groups is 1. The van der Waals surface area contributed by atoms with E-state index in [1.54, 1.807) is 26.2 Å². The molecule has 0 aliphatic heterocycles. The molecular formula is C18H19FN2O2S. The lowest BCUT2D eigenvalue weighted by atomic mass is 10.1. The quantitative estimate of drug-likeness (QED) is 0.615. The van der Waals surface area contributed by atoms with Crippen molar-refractivity contribution in [3.05, 3.63) is 65.5 Å². The van der Waals surface area contributed by atoms with E-state index in [1.165, 1.54) is 23.9 Å². The summed E-state index contributed by atoms with van der Waals surface area (Å²) in [6.07, 6.45) is 0. The first kappa shape index (κ1) is 18.0. The Labute approximate surface area is 145 Å². The zero-order valence-electron chi connectivity index (χ0n) is 13.6. The van der Waals surface area contributed by atoms with Crippen molar-refractivity contribution in [2.75, 3.05) is 12.9 Å². The summed E-state index contributed by atoms with van der Waals surface area (Å²) < 4.78 is 18.0. The summed E-state index contributed by atoms with van der Waals surface area (Å²) in [6.45, 7) is 1.76. The Morgan fingerprint density at radius 3 is 2.46 bits per heavy atom. The summed E-state index contributed by atoms with van der Waals surface area (Å²) in [6, 6.07) is 13.7. The fourth-order valence-corrected chi connectivity index (χ4v) is 2.70. The molecule has 0 radical (unpaired) electrons. The highest BCUT2D eigenvalue weighted by molar-refractivity contribution is 7.99. The zero-order chi connectivity index (χ0) is 17.4. The molecule has 4 nitrogen and oxygen atoms in total. The first-order valence-electron chi connectivity index (χ1n) is 7.38. The summed E-state index contributed by atoms with van der Waals surface area (Å²) in [5.41, 5.74) is 5.03. The van der Waals surface area contributed by atoms with Crippen LogP contribution in [0.1, 0.15) is 18.1 Å². The topological polar surface area (TPSA) is 50.7 Å². The van der Waals surface area contributed by atoms with Gasteiger partial charge in [-0.25, -0.2) is 9.82 Å². The van der Waals surface area contributed by atoms with Gasteiger partial charge in [0, 0.05) is 5.75 Å². The Kier molecular flexibility index (Phi) is 6.81. The number of hydrogen-bond donors (Lipinski definition) is 1. The summed E-state index contributed by atoms with van der Waals surface area (Å²) in [5, 5.41) is 4.04. The van der Waals surface area contributed by atoms with Crippen LogP contribution in [0.25, 0.3) is 0 Å². The van der Waals surface area contributed by atoms with Crippen LogP contribution in [0.2, 0.25) is 0 Å². The molecule has 0 atom stereocenters. The van der Waals surface area contributed by atoms with Gasteiger partial charge in [-0.15, -0.1) is 11.8 Å². The second-order valence-electron chi connectivity index (χ2n) is 5.08. The standard InChI is InChI=1S/C18H19FN2O2S/c1-13(15-5-7-16(19)8-6-15)20-21-18(22)12-24-11-14-3-9-17(23-2)10-4-14/h3-10H,11-12H2,1-2H3,(H,21,22)/b20-13+. The molecule has 0 unspecified atom stereocenters. The molecule has 0 saturated carbocycles. The number of nitrogens with zero attached hydrogens (tertiary/aromatic N) is 1. The third kappa shape index (κ3) is 5.70. The van der Waals surface area contributed by atoms with Gasteiger partial charge in [0.15, 0.2) is 0 Å². The summed E-state index contributed by atoms with van der Waals surface area (Å²) in [4.78, 5) is 11.8. The predicted molar refractivity (Wildman–Crippen MR) is 95.9 cm³/mol. The van der Waals surface area contributed by atoms with Crippen molar-refractivity contribution in [1.82, 2.24) is 5.43 Å². The molecule has 0 saturated heterocycles. The van der Waals surface area contributed by atoms with Crippen LogP contribution in [0.4, 0.5) is 4.39 Å². The van der Waals surface area contributed by atoms with Gasteiger partial charge in [-0.3, -0.25) is 4.79 Å². The number of carbonyl (C=O) groups excluding carboxylic acids is 1. The van der Waals surface area contributed by atoms with Crippen LogP contribution >= 0.6 is 11.8 Å². The molecule has 0 fully saturated rings. The highest BCUT2D eigenvalue weighted by atomic mass is 32.2. The Hall–Kier alpha value is -2.34. The fourth-order valence-electron chi connectivity index (χ4n) is 1.92. The van der Waals surface area contributed by atoms with Crippen LogP contribution < -0.4 is 10.2 Å². The van der Waals surface area contributed by atoms with Crippen molar-refractivity contribution in [1.29, 1.82) is 0 Å². The average Bonchev–Trinajstić information content (AvgIpc) is 2.61. The second kappa shape index (κ2) is 9.08. The lowest BCUT2D eigenvalue weighted by Crippen LogP contribution is -2.21. The minimum atomic E-state index is -0.300. The highest BCUT2D eigenvalue weighted by Crippen LogP contribution is 2.16. The molecule has 0 spiro atoms. The molecule has 1 N–H and O–H groups in total. The summed E-state index contributed by atoms with van der Waals surface area (Å²) in [5.74, 6) is 1.39. The molecule has 0 heterocycles. The van der Waals surface area contributed by atoms with Crippen LogP contribution in [0.3, 0.4) is 0 Å². The number of nitrogens with one attached hydrogen (secondary N) is 1. The second-order valence-corrected chi connectivity index (χ2v) is 6.07. The molecule has 24 heavy (non-hydrogen) atoms. The van der Waals surface area contributed by atoms with Crippen LogP contribution in [0.5, 0.6) is 5.75 Å². The number of rotatable bonds is 7. The number of benzene rings is 2. The third-order valence-electron chi connectivity index (χ3n) is 3.27. The Morgan fingerprint density at radius 2 is 1.83 bits per heavy atom. The van der Waals surface area contributed by atoms with E-state index in [0.717, 1.165) is 22.6 Å². The van der Waals surface area contributed by atoms with Crippen molar-refractivity contribution >= 4 is 23.4 Å². The van der Waals surface area contributed by atoms with E-state index in [2.05, 4.69) is 10.5 Å². The smallest absolute Gasteiger partial charge is 0.250 e. The van der Waals surface area contributed by atoms with Gasteiger partial charge in [-0.05, 0) is 42.3 Å². The highest BCUT2D eigenvalue weighted by Gasteiger charge is 2.03. The van der Waals surface area contributed by atoms with Crippen LogP contribution in [-0.2, 0) is 10.5 Å². The van der Waals surface area contributed by atoms with Crippen molar-refractivity contribution in [3.63, 3.8) is 0 Å².